The molecule has 0 amide bonds. The fraction of sp³-hybridized carbons (Fsp3) is 0.0952. The average molecular weight is 1120 g/mol. The maximum atomic E-state index is 2.71. The third-order valence-electron chi connectivity index (χ3n) is 20.0. The second kappa shape index (κ2) is 18.7. The SMILES string of the molecule is CC(C)(C)c1cc2c3c(cc4c(C(C)(C)C)cc5c6c(cc1c3c46)B1c3ccc(-c4ccccc4)cc3N(c3ccccc3)c3cc(-c4ccccc4)cc-5c31)B1c3ccc(-c4ccccc4)cc3N(c3ccccc3)c3cc(-c4ccccc4)cc-2c31. The Hall–Kier alpha value is -10.2. The first-order chi connectivity index (χ1) is 42.9. The van der Waals surface area contributed by atoms with Gasteiger partial charge in [-0.05, 0) is 216 Å². The zero-order chi connectivity index (χ0) is 58.9. The summed E-state index contributed by atoms with van der Waals surface area (Å²) in [5.74, 6) is 0. The molecule has 0 N–H and O–H groups in total. The van der Waals surface area contributed by atoms with Gasteiger partial charge in [0.25, 0.3) is 0 Å². The molecule has 88 heavy (non-hydrogen) atoms. The van der Waals surface area contributed by atoms with Crippen molar-refractivity contribution in [3.8, 4) is 66.8 Å². The van der Waals surface area contributed by atoms with Crippen LogP contribution in [0.3, 0.4) is 0 Å². The zero-order valence-corrected chi connectivity index (χ0v) is 50.5. The minimum atomic E-state index is -0.229. The maximum Gasteiger partial charge on any atom is 0.248 e. The Morgan fingerprint density at radius 2 is 0.568 bits per heavy atom. The van der Waals surface area contributed by atoms with Crippen LogP contribution in [-0.2, 0) is 10.8 Å². The molecule has 0 saturated heterocycles. The predicted molar refractivity (Wildman–Crippen MR) is 379 cm³/mol. The molecular weight excluding hydrogens is 1060 g/mol. The normalized spacial score (nSPS) is 13.5. The number of anilines is 6. The van der Waals surface area contributed by atoms with Gasteiger partial charge in [-0.25, -0.2) is 0 Å². The minimum Gasteiger partial charge on any atom is -0.311 e. The molecule has 14 aromatic carbocycles. The molecule has 4 heterocycles. The summed E-state index contributed by atoms with van der Waals surface area (Å²) in [7, 11) is 0. The van der Waals surface area contributed by atoms with Crippen molar-refractivity contribution in [2.75, 3.05) is 9.80 Å². The minimum absolute atomic E-state index is 0.0567. The van der Waals surface area contributed by atoms with Crippen molar-refractivity contribution in [1.29, 1.82) is 0 Å². The Morgan fingerprint density at radius 3 is 0.909 bits per heavy atom. The predicted octanol–water partition coefficient (Wildman–Crippen LogP) is 18.4. The van der Waals surface area contributed by atoms with Crippen molar-refractivity contribution < 1.29 is 0 Å². The van der Waals surface area contributed by atoms with Gasteiger partial charge in [0.15, 0.2) is 0 Å². The van der Waals surface area contributed by atoms with Gasteiger partial charge in [0.2, 0.25) is 13.4 Å². The number of hydrogen-bond acceptors (Lipinski definition) is 2. The van der Waals surface area contributed by atoms with E-state index in [1.807, 2.05) is 0 Å². The van der Waals surface area contributed by atoms with E-state index in [9.17, 15) is 0 Å². The van der Waals surface area contributed by atoms with Crippen LogP contribution < -0.4 is 42.6 Å². The standard InChI is InChI=1S/C84H62B2N2/c1-83(2,3)67-47-61-63-41-57(53-29-17-9-18-30-53)45-75-81(63)86(70-40-38-56(52-27-15-8-16-28-52)44-74(70)87(75)59-33-21-11-22-34-59)72-50-66-68(84(4,5)6)48-62-64-42-58(54-31-19-10-20-32-54)46-76-82(64)85(71-49-65(67)79(77(61)72)80(66)78(62)71)69-39-37-55(51-25-13-7-14-26-51)43-73(69)88(76)60-35-23-12-24-36-60/h7-50H,1-6H3. The highest BCUT2D eigenvalue weighted by Crippen LogP contribution is 2.54. The smallest absolute Gasteiger partial charge is 0.248 e. The first-order valence-corrected chi connectivity index (χ1v) is 31.4. The summed E-state index contributed by atoms with van der Waals surface area (Å²) in [6.07, 6.45) is 0. The fourth-order valence-corrected chi connectivity index (χ4v) is 16.2. The van der Waals surface area contributed by atoms with Gasteiger partial charge in [-0.2, -0.15) is 0 Å². The molecular formula is C84H62B2N2. The highest BCUT2D eigenvalue weighted by molar-refractivity contribution is 7.02. The van der Waals surface area contributed by atoms with Crippen LogP contribution in [0.1, 0.15) is 52.7 Å². The van der Waals surface area contributed by atoms with Crippen molar-refractivity contribution in [2.45, 2.75) is 52.4 Å². The molecule has 0 bridgehead atoms. The van der Waals surface area contributed by atoms with Gasteiger partial charge in [0, 0.05) is 34.1 Å². The van der Waals surface area contributed by atoms with E-state index in [4.69, 9.17) is 0 Å². The molecule has 0 spiro atoms. The van der Waals surface area contributed by atoms with Gasteiger partial charge >= 0.3 is 0 Å². The summed E-state index contributed by atoms with van der Waals surface area (Å²) >= 11 is 0. The van der Waals surface area contributed by atoms with Crippen molar-refractivity contribution in [3.05, 3.63) is 278 Å². The molecule has 0 unspecified atom stereocenters. The second-order valence-electron chi connectivity index (χ2n) is 27.1. The number of nitrogens with zero attached hydrogens (tertiary/aromatic N) is 2. The van der Waals surface area contributed by atoms with Crippen LogP contribution in [0.25, 0.3) is 99.1 Å². The molecule has 14 aromatic rings. The number of benzene rings is 14. The van der Waals surface area contributed by atoms with Crippen LogP contribution in [0.4, 0.5) is 34.1 Å². The largest absolute Gasteiger partial charge is 0.311 e. The Morgan fingerprint density at radius 1 is 0.250 bits per heavy atom. The van der Waals surface area contributed by atoms with Crippen LogP contribution in [0.15, 0.2) is 267 Å². The van der Waals surface area contributed by atoms with Gasteiger partial charge in [-0.3, -0.25) is 0 Å². The second-order valence-corrected chi connectivity index (χ2v) is 27.1. The average Bonchev–Trinajstić information content (AvgIpc) is 0.669. The zero-order valence-electron chi connectivity index (χ0n) is 50.5. The van der Waals surface area contributed by atoms with Gasteiger partial charge in [-0.1, -0.05) is 247 Å². The van der Waals surface area contributed by atoms with Crippen LogP contribution in [0.5, 0.6) is 0 Å². The molecule has 0 saturated carbocycles. The third kappa shape index (κ3) is 7.39. The molecule has 4 aliphatic rings. The van der Waals surface area contributed by atoms with Crippen molar-refractivity contribution in [1.82, 2.24) is 0 Å². The molecule has 18 rings (SSSR count). The number of fused-ring (bicyclic) bond motifs is 8. The Bertz CT molecular complexity index is 4870. The van der Waals surface area contributed by atoms with Gasteiger partial charge in [0.1, 0.15) is 0 Å². The summed E-state index contributed by atoms with van der Waals surface area (Å²) < 4.78 is 0. The molecule has 0 fully saturated rings. The van der Waals surface area contributed by atoms with Crippen LogP contribution >= 0.6 is 0 Å². The van der Waals surface area contributed by atoms with E-state index in [-0.39, 0.29) is 24.3 Å². The monoisotopic (exact) mass is 1120 g/mol. The molecule has 0 radical (unpaired) electrons. The summed E-state index contributed by atoms with van der Waals surface area (Å²) in [4.78, 5) is 5.17. The highest BCUT2D eigenvalue weighted by atomic mass is 15.2. The Balaban J connectivity index is 1.02. The maximum absolute atomic E-state index is 2.71. The summed E-state index contributed by atoms with van der Waals surface area (Å²) in [5, 5.41) is 8.29. The number of hydrogen-bond donors (Lipinski definition) is 0. The number of para-hydroxylation sites is 2. The lowest BCUT2D eigenvalue weighted by Gasteiger charge is -2.43. The van der Waals surface area contributed by atoms with Crippen LogP contribution in [0, 0.1) is 0 Å². The topological polar surface area (TPSA) is 6.48 Å². The lowest BCUT2D eigenvalue weighted by atomic mass is 9.31. The lowest BCUT2D eigenvalue weighted by Crippen LogP contribution is -2.60. The van der Waals surface area contributed by atoms with Crippen molar-refractivity contribution >= 4 is 113 Å². The highest BCUT2D eigenvalue weighted by Gasteiger charge is 2.47. The van der Waals surface area contributed by atoms with E-state index >= 15 is 0 Å². The van der Waals surface area contributed by atoms with Crippen molar-refractivity contribution in [2.24, 2.45) is 0 Å². The Kier molecular flexibility index (Phi) is 10.8. The molecule has 4 aliphatic heterocycles. The molecule has 0 aliphatic carbocycles. The first-order valence-electron chi connectivity index (χ1n) is 31.4. The van der Waals surface area contributed by atoms with Crippen molar-refractivity contribution in [3.63, 3.8) is 0 Å². The molecule has 2 nitrogen and oxygen atoms in total. The van der Waals surface area contributed by atoms with Gasteiger partial charge in [-0.15, -0.1) is 0 Å². The van der Waals surface area contributed by atoms with Gasteiger partial charge < -0.3 is 9.80 Å². The van der Waals surface area contributed by atoms with E-state index in [1.165, 1.54) is 166 Å². The van der Waals surface area contributed by atoms with E-state index in [0.29, 0.717) is 0 Å². The Labute approximate surface area is 516 Å². The quantitative estimate of drug-likeness (QED) is 0.121. The lowest BCUT2D eigenvalue weighted by molar-refractivity contribution is 0.595. The van der Waals surface area contributed by atoms with Crippen LogP contribution in [-0.4, -0.2) is 13.4 Å². The molecule has 4 heteroatoms. The molecule has 0 atom stereocenters. The summed E-state index contributed by atoms with van der Waals surface area (Å²) in [5.41, 5.74) is 32.7. The van der Waals surface area contributed by atoms with E-state index < -0.39 is 0 Å². The number of rotatable bonds is 6. The fourth-order valence-electron chi connectivity index (χ4n) is 16.2. The van der Waals surface area contributed by atoms with Gasteiger partial charge in [0.05, 0.1) is 0 Å². The van der Waals surface area contributed by atoms with Crippen LogP contribution in [0.2, 0.25) is 0 Å². The summed E-state index contributed by atoms with van der Waals surface area (Å²) in [6, 6.07) is 102. The first kappa shape index (κ1) is 51.1. The van der Waals surface area contributed by atoms with E-state index in [1.54, 1.807) is 0 Å². The third-order valence-corrected chi connectivity index (χ3v) is 20.0. The van der Waals surface area contributed by atoms with E-state index in [2.05, 4.69) is 318 Å². The molecule has 414 valence electrons. The summed E-state index contributed by atoms with van der Waals surface area (Å²) in [6.45, 7) is 14.6. The van der Waals surface area contributed by atoms with E-state index in [0.717, 1.165) is 11.4 Å². The molecule has 0 aromatic heterocycles.